The molecule has 0 aliphatic carbocycles. The summed E-state index contributed by atoms with van der Waals surface area (Å²) >= 11 is 1.70. The van der Waals surface area contributed by atoms with Gasteiger partial charge < -0.3 is 15.4 Å². The van der Waals surface area contributed by atoms with Crippen LogP contribution in [0.3, 0.4) is 0 Å². The van der Waals surface area contributed by atoms with Crippen molar-refractivity contribution in [2.45, 2.75) is 33.2 Å². The van der Waals surface area contributed by atoms with Crippen molar-refractivity contribution >= 4 is 17.3 Å². The van der Waals surface area contributed by atoms with Gasteiger partial charge in [0.1, 0.15) is 0 Å². The lowest BCUT2D eigenvalue weighted by molar-refractivity contribution is 0.0179. The molecule has 1 atom stereocenters. The molecule has 2 aromatic rings. The molecule has 29 heavy (non-hydrogen) atoms. The van der Waals surface area contributed by atoms with E-state index in [1.165, 1.54) is 11.1 Å². The SMILES string of the molecule is CCNC(=NCC(c1cccc(C)c1)N1CCOCC1)NCCc1csc(C)n1. The molecule has 1 aromatic heterocycles. The number of nitrogens with one attached hydrogen (secondary N) is 2. The Morgan fingerprint density at radius 2 is 2.10 bits per heavy atom. The summed E-state index contributed by atoms with van der Waals surface area (Å²) < 4.78 is 5.56. The minimum Gasteiger partial charge on any atom is -0.379 e. The first-order valence-electron chi connectivity index (χ1n) is 10.5. The van der Waals surface area contributed by atoms with Crippen molar-refractivity contribution in [3.05, 3.63) is 51.5 Å². The van der Waals surface area contributed by atoms with Crippen LogP contribution in [-0.2, 0) is 11.2 Å². The predicted molar refractivity (Wildman–Crippen MR) is 121 cm³/mol. The van der Waals surface area contributed by atoms with E-state index in [0.717, 1.165) is 62.5 Å². The van der Waals surface area contributed by atoms with Crippen molar-refractivity contribution in [2.24, 2.45) is 4.99 Å². The maximum absolute atomic E-state index is 5.56. The summed E-state index contributed by atoms with van der Waals surface area (Å²) in [4.78, 5) is 12.0. The summed E-state index contributed by atoms with van der Waals surface area (Å²) in [7, 11) is 0. The lowest BCUT2D eigenvalue weighted by Gasteiger charge is -2.34. The smallest absolute Gasteiger partial charge is 0.191 e. The predicted octanol–water partition coefficient (Wildman–Crippen LogP) is 2.93. The van der Waals surface area contributed by atoms with Crippen LogP contribution in [0.1, 0.15) is 34.8 Å². The minimum atomic E-state index is 0.260. The Morgan fingerprint density at radius 3 is 2.79 bits per heavy atom. The molecule has 1 saturated heterocycles. The van der Waals surface area contributed by atoms with E-state index < -0.39 is 0 Å². The molecule has 2 N–H and O–H groups in total. The molecule has 0 amide bonds. The molecule has 3 rings (SSSR count). The fraction of sp³-hybridized carbons (Fsp3) is 0.545. The van der Waals surface area contributed by atoms with Crippen molar-refractivity contribution in [3.63, 3.8) is 0 Å². The molecule has 7 heteroatoms. The highest BCUT2D eigenvalue weighted by Crippen LogP contribution is 2.23. The number of thiazole rings is 1. The number of aryl methyl sites for hydroxylation is 2. The monoisotopic (exact) mass is 415 g/mol. The highest BCUT2D eigenvalue weighted by atomic mass is 32.1. The van der Waals surface area contributed by atoms with Gasteiger partial charge in [-0.25, -0.2) is 4.98 Å². The third-order valence-electron chi connectivity index (χ3n) is 5.02. The second kappa shape index (κ2) is 11.3. The quantitative estimate of drug-likeness (QED) is 0.513. The van der Waals surface area contributed by atoms with Crippen LogP contribution < -0.4 is 10.6 Å². The van der Waals surface area contributed by atoms with Crippen LogP contribution in [0.15, 0.2) is 34.6 Å². The van der Waals surface area contributed by atoms with Crippen LogP contribution in [-0.4, -0.2) is 61.8 Å². The minimum absolute atomic E-state index is 0.260. The fourth-order valence-electron chi connectivity index (χ4n) is 3.55. The number of aliphatic imine (C=N–C) groups is 1. The number of hydrogen-bond acceptors (Lipinski definition) is 5. The van der Waals surface area contributed by atoms with E-state index in [-0.39, 0.29) is 6.04 Å². The van der Waals surface area contributed by atoms with E-state index >= 15 is 0 Å². The van der Waals surface area contributed by atoms with Gasteiger partial charge >= 0.3 is 0 Å². The molecule has 1 aliphatic rings. The second-order valence-electron chi connectivity index (χ2n) is 7.33. The molecular weight excluding hydrogens is 382 g/mol. The molecule has 2 heterocycles. The van der Waals surface area contributed by atoms with E-state index in [0.29, 0.717) is 6.54 Å². The number of rotatable bonds is 8. The van der Waals surface area contributed by atoms with Crippen LogP contribution in [0.25, 0.3) is 0 Å². The van der Waals surface area contributed by atoms with Crippen LogP contribution in [0.5, 0.6) is 0 Å². The molecule has 1 aliphatic heterocycles. The third kappa shape index (κ3) is 6.80. The Morgan fingerprint density at radius 1 is 1.28 bits per heavy atom. The summed E-state index contributed by atoms with van der Waals surface area (Å²) in [6.45, 7) is 12.1. The zero-order chi connectivity index (χ0) is 20.5. The first-order valence-corrected chi connectivity index (χ1v) is 11.3. The van der Waals surface area contributed by atoms with Gasteiger partial charge in [0.25, 0.3) is 0 Å². The van der Waals surface area contributed by atoms with E-state index in [2.05, 4.69) is 64.0 Å². The Balaban J connectivity index is 1.66. The zero-order valence-electron chi connectivity index (χ0n) is 17.8. The van der Waals surface area contributed by atoms with Crippen molar-refractivity contribution in [3.8, 4) is 0 Å². The largest absolute Gasteiger partial charge is 0.379 e. The van der Waals surface area contributed by atoms with E-state index in [1.807, 2.05) is 6.92 Å². The molecular formula is C22H33N5OS. The maximum atomic E-state index is 5.56. The Hall–Kier alpha value is -1.96. The number of hydrogen-bond donors (Lipinski definition) is 2. The number of nitrogens with zero attached hydrogens (tertiary/aromatic N) is 3. The van der Waals surface area contributed by atoms with Crippen molar-refractivity contribution < 1.29 is 4.74 Å². The molecule has 1 fully saturated rings. The normalized spacial score (nSPS) is 16.6. The van der Waals surface area contributed by atoms with Gasteiger partial charge in [-0.05, 0) is 26.3 Å². The number of morpholine rings is 1. The molecule has 6 nitrogen and oxygen atoms in total. The Bertz CT molecular complexity index is 785. The molecule has 0 radical (unpaired) electrons. The molecule has 1 aromatic carbocycles. The van der Waals surface area contributed by atoms with Crippen molar-refractivity contribution in [1.29, 1.82) is 0 Å². The van der Waals surface area contributed by atoms with Gasteiger partial charge in [0, 0.05) is 38.0 Å². The topological polar surface area (TPSA) is 61.8 Å². The summed E-state index contributed by atoms with van der Waals surface area (Å²) in [5.74, 6) is 0.866. The van der Waals surface area contributed by atoms with E-state index in [9.17, 15) is 0 Å². The summed E-state index contributed by atoms with van der Waals surface area (Å²) in [5.41, 5.74) is 3.75. The van der Waals surface area contributed by atoms with Gasteiger partial charge in [0.2, 0.25) is 0 Å². The molecule has 158 valence electrons. The highest BCUT2D eigenvalue weighted by Gasteiger charge is 2.22. The number of benzene rings is 1. The fourth-order valence-corrected chi connectivity index (χ4v) is 4.20. The van der Waals surface area contributed by atoms with Crippen LogP contribution >= 0.6 is 11.3 Å². The van der Waals surface area contributed by atoms with Crippen LogP contribution in [0.2, 0.25) is 0 Å². The van der Waals surface area contributed by atoms with Gasteiger partial charge in [-0.15, -0.1) is 11.3 Å². The Labute approximate surface area is 178 Å². The second-order valence-corrected chi connectivity index (χ2v) is 8.39. The van der Waals surface area contributed by atoms with E-state index in [1.54, 1.807) is 11.3 Å². The van der Waals surface area contributed by atoms with Gasteiger partial charge in [0.15, 0.2) is 5.96 Å². The number of aromatic nitrogens is 1. The standard InChI is InChI=1S/C22H33N5OS/c1-4-23-22(24-9-8-20-16-29-18(3)26-20)25-15-21(27-10-12-28-13-11-27)19-7-5-6-17(2)14-19/h5-7,14,16,21H,4,8-13,15H2,1-3H3,(H2,23,24,25). The first kappa shape index (κ1) is 21.7. The van der Waals surface area contributed by atoms with Gasteiger partial charge in [-0.3, -0.25) is 9.89 Å². The third-order valence-corrected chi connectivity index (χ3v) is 5.84. The lowest BCUT2D eigenvalue weighted by atomic mass is 10.0. The number of ether oxygens (including phenoxy) is 1. The highest BCUT2D eigenvalue weighted by molar-refractivity contribution is 7.09. The summed E-state index contributed by atoms with van der Waals surface area (Å²) in [6, 6.07) is 9.04. The average Bonchev–Trinajstić information content (AvgIpc) is 3.14. The van der Waals surface area contributed by atoms with E-state index in [4.69, 9.17) is 9.73 Å². The van der Waals surface area contributed by atoms with Gasteiger partial charge in [0.05, 0.1) is 36.5 Å². The maximum Gasteiger partial charge on any atom is 0.191 e. The van der Waals surface area contributed by atoms with Crippen LogP contribution in [0, 0.1) is 13.8 Å². The zero-order valence-corrected chi connectivity index (χ0v) is 18.6. The number of guanidine groups is 1. The summed E-state index contributed by atoms with van der Waals surface area (Å²) in [5, 5.41) is 10.1. The van der Waals surface area contributed by atoms with Crippen LogP contribution in [0.4, 0.5) is 0 Å². The lowest BCUT2D eigenvalue weighted by Crippen LogP contribution is -2.42. The molecule has 0 saturated carbocycles. The van der Waals surface area contributed by atoms with Gasteiger partial charge in [-0.1, -0.05) is 29.8 Å². The van der Waals surface area contributed by atoms with Crippen molar-refractivity contribution in [1.82, 2.24) is 20.5 Å². The van der Waals surface area contributed by atoms with Crippen molar-refractivity contribution in [2.75, 3.05) is 45.9 Å². The Kier molecular flexibility index (Phi) is 8.46. The molecule has 0 bridgehead atoms. The molecule has 0 spiro atoms. The molecule has 1 unspecified atom stereocenters. The summed E-state index contributed by atoms with van der Waals surface area (Å²) in [6.07, 6.45) is 0.902. The first-order chi connectivity index (χ1) is 14.2. The average molecular weight is 416 g/mol. The van der Waals surface area contributed by atoms with Gasteiger partial charge in [-0.2, -0.15) is 0 Å².